The Labute approximate surface area is 109 Å². The summed E-state index contributed by atoms with van der Waals surface area (Å²) in [6.45, 7) is 2.54. The van der Waals surface area contributed by atoms with Crippen molar-refractivity contribution in [3.8, 4) is 0 Å². The maximum Gasteiger partial charge on any atom is 0.201 e. The summed E-state index contributed by atoms with van der Waals surface area (Å²) >= 11 is 0. The number of nitrogens with two attached hydrogens (primary N) is 1. The zero-order valence-electron chi connectivity index (χ0n) is 10.5. The lowest BCUT2D eigenvalue weighted by Gasteiger charge is -2.08. The number of fused-ring (bicyclic) bond motifs is 1. The Morgan fingerprint density at radius 1 is 1.32 bits per heavy atom. The van der Waals surface area contributed by atoms with E-state index in [1.165, 1.54) is 12.1 Å². The molecule has 0 atom stereocenters. The van der Waals surface area contributed by atoms with Crippen LogP contribution in [0, 0.1) is 12.7 Å². The molecule has 1 aromatic carbocycles. The van der Waals surface area contributed by atoms with Gasteiger partial charge in [0, 0.05) is 12.4 Å². The third-order valence-corrected chi connectivity index (χ3v) is 3.22. The van der Waals surface area contributed by atoms with E-state index >= 15 is 0 Å². The Balaban J connectivity index is 2.12. The Morgan fingerprint density at radius 3 is 2.95 bits per heavy atom. The third kappa shape index (κ3) is 2.03. The van der Waals surface area contributed by atoms with Crippen LogP contribution in [-0.2, 0) is 6.54 Å². The fourth-order valence-corrected chi connectivity index (χ4v) is 2.11. The molecule has 2 N–H and O–H groups in total. The van der Waals surface area contributed by atoms with Crippen LogP contribution in [0.5, 0.6) is 0 Å². The standard InChI is InChI=1S/C14H13FN4/c1-9-4-5-17-7-10(9)8-19-13-6-11(15)2-3-12(13)18-14(19)16/h2-7H,8H2,1H3,(H2,16,18). The topological polar surface area (TPSA) is 56.7 Å². The van der Waals surface area contributed by atoms with Gasteiger partial charge < -0.3 is 10.3 Å². The van der Waals surface area contributed by atoms with Gasteiger partial charge in [-0.05, 0) is 42.3 Å². The van der Waals surface area contributed by atoms with E-state index in [2.05, 4.69) is 9.97 Å². The lowest BCUT2D eigenvalue weighted by Crippen LogP contribution is -2.06. The number of pyridine rings is 1. The molecule has 2 aromatic heterocycles. The van der Waals surface area contributed by atoms with Gasteiger partial charge in [0.15, 0.2) is 0 Å². The zero-order chi connectivity index (χ0) is 13.4. The third-order valence-electron chi connectivity index (χ3n) is 3.22. The second-order valence-corrected chi connectivity index (χ2v) is 4.49. The molecule has 2 heterocycles. The van der Waals surface area contributed by atoms with Crippen molar-refractivity contribution >= 4 is 17.0 Å². The van der Waals surface area contributed by atoms with Crippen LogP contribution in [0.15, 0.2) is 36.7 Å². The number of imidazole rings is 1. The summed E-state index contributed by atoms with van der Waals surface area (Å²) in [4.78, 5) is 8.34. The molecule has 0 unspecified atom stereocenters. The van der Waals surface area contributed by atoms with Gasteiger partial charge >= 0.3 is 0 Å². The summed E-state index contributed by atoms with van der Waals surface area (Å²) in [6.07, 6.45) is 3.54. The first-order valence-electron chi connectivity index (χ1n) is 5.96. The average molecular weight is 256 g/mol. The van der Waals surface area contributed by atoms with E-state index in [1.807, 2.05) is 13.0 Å². The van der Waals surface area contributed by atoms with Crippen molar-refractivity contribution in [2.24, 2.45) is 0 Å². The number of anilines is 1. The van der Waals surface area contributed by atoms with E-state index in [4.69, 9.17) is 5.73 Å². The van der Waals surface area contributed by atoms with Crippen LogP contribution in [0.2, 0.25) is 0 Å². The first-order chi connectivity index (χ1) is 9.15. The van der Waals surface area contributed by atoms with Crippen molar-refractivity contribution < 1.29 is 4.39 Å². The van der Waals surface area contributed by atoms with Gasteiger partial charge in [-0.2, -0.15) is 0 Å². The molecule has 0 bridgehead atoms. The predicted octanol–water partition coefficient (Wildman–Crippen LogP) is 2.51. The van der Waals surface area contributed by atoms with Crippen molar-refractivity contribution in [1.82, 2.24) is 14.5 Å². The van der Waals surface area contributed by atoms with E-state index in [-0.39, 0.29) is 5.82 Å². The summed E-state index contributed by atoms with van der Waals surface area (Å²) in [5, 5.41) is 0. The number of rotatable bonds is 2. The van der Waals surface area contributed by atoms with Gasteiger partial charge in [0.1, 0.15) is 5.82 Å². The van der Waals surface area contributed by atoms with Gasteiger partial charge in [-0.25, -0.2) is 9.37 Å². The molecule has 19 heavy (non-hydrogen) atoms. The molecule has 0 aliphatic rings. The first-order valence-corrected chi connectivity index (χ1v) is 5.96. The molecule has 0 fully saturated rings. The first kappa shape index (κ1) is 11.6. The number of nitrogens with zero attached hydrogens (tertiary/aromatic N) is 3. The summed E-state index contributed by atoms with van der Waals surface area (Å²) in [5.41, 5.74) is 9.46. The Bertz CT molecular complexity index is 748. The number of hydrogen-bond donors (Lipinski definition) is 1. The van der Waals surface area contributed by atoms with Crippen LogP contribution in [-0.4, -0.2) is 14.5 Å². The summed E-state index contributed by atoms with van der Waals surface area (Å²) in [6, 6.07) is 6.40. The van der Waals surface area contributed by atoms with Gasteiger partial charge in [0.05, 0.1) is 17.6 Å². The summed E-state index contributed by atoms with van der Waals surface area (Å²) < 4.78 is 15.1. The monoisotopic (exact) mass is 256 g/mol. The normalized spacial score (nSPS) is 11.1. The Kier molecular flexibility index (Phi) is 2.67. The highest BCUT2D eigenvalue weighted by Crippen LogP contribution is 2.21. The van der Waals surface area contributed by atoms with Crippen molar-refractivity contribution in [2.45, 2.75) is 13.5 Å². The van der Waals surface area contributed by atoms with Gasteiger partial charge in [0.25, 0.3) is 0 Å². The number of hydrogen-bond acceptors (Lipinski definition) is 3. The molecule has 5 heteroatoms. The second kappa shape index (κ2) is 4.35. The minimum absolute atomic E-state index is 0.295. The minimum Gasteiger partial charge on any atom is -0.369 e. The largest absolute Gasteiger partial charge is 0.369 e. The fraction of sp³-hybridized carbons (Fsp3) is 0.143. The molecule has 0 amide bonds. The highest BCUT2D eigenvalue weighted by atomic mass is 19.1. The van der Waals surface area contributed by atoms with Crippen LogP contribution in [0.3, 0.4) is 0 Å². The van der Waals surface area contributed by atoms with Gasteiger partial charge in [-0.3, -0.25) is 4.98 Å². The molecule has 96 valence electrons. The van der Waals surface area contributed by atoms with E-state index in [0.717, 1.165) is 11.1 Å². The lowest BCUT2D eigenvalue weighted by atomic mass is 10.1. The molecule has 0 aliphatic heterocycles. The van der Waals surface area contributed by atoms with Crippen molar-refractivity contribution in [2.75, 3.05) is 5.73 Å². The Hall–Kier alpha value is -2.43. The van der Waals surface area contributed by atoms with Crippen LogP contribution in [0.1, 0.15) is 11.1 Å². The second-order valence-electron chi connectivity index (χ2n) is 4.49. The van der Waals surface area contributed by atoms with Gasteiger partial charge in [-0.1, -0.05) is 0 Å². The molecular formula is C14H13FN4. The number of benzene rings is 1. The fourth-order valence-electron chi connectivity index (χ4n) is 2.11. The van der Waals surface area contributed by atoms with E-state index in [0.29, 0.717) is 23.5 Å². The van der Waals surface area contributed by atoms with E-state index in [9.17, 15) is 4.39 Å². The van der Waals surface area contributed by atoms with Crippen molar-refractivity contribution in [1.29, 1.82) is 0 Å². The highest BCUT2D eigenvalue weighted by molar-refractivity contribution is 5.78. The smallest absolute Gasteiger partial charge is 0.201 e. The van der Waals surface area contributed by atoms with Gasteiger partial charge in [0.2, 0.25) is 5.95 Å². The van der Waals surface area contributed by atoms with Crippen molar-refractivity contribution in [3.63, 3.8) is 0 Å². The summed E-state index contributed by atoms with van der Waals surface area (Å²) in [5.74, 6) is 0.0837. The molecular weight excluding hydrogens is 243 g/mol. The number of halogens is 1. The van der Waals surface area contributed by atoms with Crippen LogP contribution in [0.4, 0.5) is 10.3 Å². The number of aromatic nitrogens is 3. The maximum absolute atomic E-state index is 13.3. The quantitative estimate of drug-likeness (QED) is 0.766. The van der Waals surface area contributed by atoms with Crippen molar-refractivity contribution in [3.05, 3.63) is 53.6 Å². The van der Waals surface area contributed by atoms with Crippen LogP contribution >= 0.6 is 0 Å². The maximum atomic E-state index is 13.3. The van der Waals surface area contributed by atoms with Crippen LogP contribution in [0.25, 0.3) is 11.0 Å². The average Bonchev–Trinajstić information content (AvgIpc) is 2.69. The molecule has 0 saturated heterocycles. The van der Waals surface area contributed by atoms with Gasteiger partial charge in [-0.15, -0.1) is 0 Å². The predicted molar refractivity (Wildman–Crippen MR) is 72.2 cm³/mol. The highest BCUT2D eigenvalue weighted by Gasteiger charge is 2.10. The minimum atomic E-state index is -0.295. The number of nitrogen functional groups attached to an aromatic ring is 1. The SMILES string of the molecule is Cc1ccncc1Cn1c(N)nc2ccc(F)cc21. The zero-order valence-corrected chi connectivity index (χ0v) is 10.5. The molecule has 4 nitrogen and oxygen atoms in total. The Morgan fingerprint density at radius 2 is 2.16 bits per heavy atom. The lowest BCUT2D eigenvalue weighted by molar-refractivity contribution is 0.628. The molecule has 3 rings (SSSR count). The van der Waals surface area contributed by atoms with E-state index < -0.39 is 0 Å². The molecule has 0 aliphatic carbocycles. The molecule has 0 radical (unpaired) electrons. The number of aryl methyl sites for hydroxylation is 1. The van der Waals surface area contributed by atoms with Crippen LogP contribution < -0.4 is 5.73 Å². The molecule has 3 aromatic rings. The summed E-state index contributed by atoms with van der Waals surface area (Å²) in [7, 11) is 0. The van der Waals surface area contributed by atoms with E-state index in [1.54, 1.807) is 23.0 Å². The molecule has 0 saturated carbocycles. The molecule has 0 spiro atoms.